The Kier molecular flexibility index (Phi) is 4.34. The zero-order valence-corrected chi connectivity index (χ0v) is 15.5. The first-order valence-corrected chi connectivity index (χ1v) is 8.70. The van der Waals surface area contributed by atoms with E-state index in [9.17, 15) is 10.4 Å². The highest BCUT2D eigenvalue weighted by molar-refractivity contribution is 6.30. The van der Waals surface area contributed by atoms with Gasteiger partial charge in [0.2, 0.25) is 11.8 Å². The van der Waals surface area contributed by atoms with Gasteiger partial charge in [-0.15, -0.1) is 5.10 Å². The van der Waals surface area contributed by atoms with Crippen molar-refractivity contribution in [3.8, 4) is 34.7 Å². The maximum atomic E-state index is 9.94. The fourth-order valence-corrected chi connectivity index (χ4v) is 3.41. The molecule has 1 aliphatic heterocycles. The minimum absolute atomic E-state index is 0.000824. The molecule has 7 nitrogen and oxygen atoms in total. The summed E-state index contributed by atoms with van der Waals surface area (Å²) in [6.45, 7) is 0. The van der Waals surface area contributed by atoms with Crippen LogP contribution in [0, 0.1) is 11.3 Å². The summed E-state index contributed by atoms with van der Waals surface area (Å²) in [6.07, 6.45) is 0. The lowest BCUT2D eigenvalue weighted by Gasteiger charge is -2.24. The van der Waals surface area contributed by atoms with Crippen LogP contribution in [-0.2, 0) is 0 Å². The van der Waals surface area contributed by atoms with E-state index in [1.165, 1.54) is 13.2 Å². The summed E-state index contributed by atoms with van der Waals surface area (Å²) in [4.78, 5) is 0. The van der Waals surface area contributed by atoms with Crippen LogP contribution < -0.4 is 15.2 Å². The lowest BCUT2D eigenvalue weighted by Crippen LogP contribution is -2.21. The molecule has 1 aromatic heterocycles. The van der Waals surface area contributed by atoms with Crippen LogP contribution >= 0.6 is 11.6 Å². The fourth-order valence-electron chi connectivity index (χ4n) is 3.29. The molecule has 0 saturated carbocycles. The number of halogens is 1. The van der Waals surface area contributed by atoms with Gasteiger partial charge in [-0.1, -0.05) is 29.8 Å². The average Bonchev–Trinajstić information content (AvgIpc) is 3.11. The number of H-pyrrole nitrogens is 1. The summed E-state index contributed by atoms with van der Waals surface area (Å²) in [5, 5.41) is 27.5. The summed E-state index contributed by atoms with van der Waals surface area (Å²) < 4.78 is 10.8. The molecule has 0 amide bonds. The van der Waals surface area contributed by atoms with Crippen LogP contribution in [0.1, 0.15) is 17.0 Å². The highest BCUT2D eigenvalue weighted by atomic mass is 35.5. The number of methoxy groups -OCH3 is 1. The molecule has 8 heteroatoms. The Morgan fingerprint density at radius 3 is 2.71 bits per heavy atom. The van der Waals surface area contributed by atoms with Gasteiger partial charge in [0.1, 0.15) is 11.6 Å². The molecule has 0 fully saturated rings. The molecule has 0 bridgehead atoms. The van der Waals surface area contributed by atoms with Crippen LogP contribution in [0.25, 0.3) is 11.3 Å². The zero-order chi connectivity index (χ0) is 19.8. The first-order chi connectivity index (χ1) is 13.5. The van der Waals surface area contributed by atoms with E-state index in [2.05, 4.69) is 16.3 Å². The number of ether oxygens (including phenoxy) is 2. The summed E-state index contributed by atoms with van der Waals surface area (Å²) in [5.74, 6) is 0.0180. The Hall–Kier alpha value is -3.63. The molecule has 0 unspecified atom stereocenters. The van der Waals surface area contributed by atoms with Gasteiger partial charge in [0.15, 0.2) is 11.5 Å². The smallest absolute Gasteiger partial charge is 0.244 e. The van der Waals surface area contributed by atoms with Gasteiger partial charge in [0.25, 0.3) is 0 Å². The topological polar surface area (TPSA) is 117 Å². The number of nitrogens with zero attached hydrogens (tertiary/aromatic N) is 2. The molecule has 4 N–H and O–H groups in total. The number of nitrogens with one attached hydrogen (secondary N) is 1. The van der Waals surface area contributed by atoms with Crippen molar-refractivity contribution in [1.82, 2.24) is 10.2 Å². The Morgan fingerprint density at radius 2 is 2.04 bits per heavy atom. The molecule has 28 heavy (non-hydrogen) atoms. The zero-order valence-electron chi connectivity index (χ0n) is 14.7. The third-order valence-electron chi connectivity index (χ3n) is 4.61. The Bertz CT molecular complexity index is 1130. The van der Waals surface area contributed by atoms with Gasteiger partial charge in [0.05, 0.1) is 24.3 Å². The number of aromatic nitrogens is 2. The van der Waals surface area contributed by atoms with Crippen LogP contribution in [-0.4, -0.2) is 22.4 Å². The first kappa shape index (κ1) is 17.8. The molecule has 1 atom stereocenters. The lowest BCUT2D eigenvalue weighted by atomic mass is 9.83. The van der Waals surface area contributed by atoms with Crippen molar-refractivity contribution in [3.63, 3.8) is 0 Å². The molecule has 1 aliphatic rings. The number of nitrogens with two attached hydrogens (primary N) is 1. The second-order valence-electron chi connectivity index (χ2n) is 6.18. The number of hydrogen-bond donors (Lipinski definition) is 3. The number of phenolic OH excluding ortho intramolecular Hbond substituents is 1. The summed E-state index contributed by atoms with van der Waals surface area (Å²) >= 11 is 6.00. The number of fused-ring (bicyclic) bond motifs is 1. The van der Waals surface area contributed by atoms with E-state index in [4.69, 9.17) is 26.8 Å². The number of nitriles is 1. The molecule has 2 heterocycles. The van der Waals surface area contributed by atoms with Crippen molar-refractivity contribution in [1.29, 1.82) is 5.26 Å². The van der Waals surface area contributed by atoms with E-state index in [0.717, 1.165) is 5.56 Å². The van der Waals surface area contributed by atoms with Crippen LogP contribution in [0.3, 0.4) is 0 Å². The molecular formula is C20H15ClN4O3. The second-order valence-corrected chi connectivity index (χ2v) is 6.62. The fraction of sp³-hybridized carbons (Fsp3) is 0.100. The molecule has 0 aliphatic carbocycles. The molecular weight excluding hydrogens is 380 g/mol. The van der Waals surface area contributed by atoms with Gasteiger partial charge in [-0.05, 0) is 29.8 Å². The Balaban J connectivity index is 1.94. The molecule has 2 aromatic carbocycles. The predicted octanol–water partition coefficient (Wildman–Crippen LogP) is 3.66. The second kappa shape index (κ2) is 6.83. The average molecular weight is 395 g/mol. The molecule has 3 aromatic rings. The normalized spacial score (nSPS) is 15.5. The van der Waals surface area contributed by atoms with Gasteiger partial charge in [-0.25, -0.2) is 0 Å². The highest BCUT2D eigenvalue weighted by Gasteiger charge is 2.36. The standard InChI is InChI=1S/C20H15ClN4O3/c1-27-15-8-11(4-7-14(15)26)16-13(9-22)19(23)28-20-17(16)18(24-25-20)10-2-5-12(21)6-3-10/h2-8,16,26H,23H2,1H3,(H,24,25)/t16-/m0/s1. The minimum Gasteiger partial charge on any atom is -0.504 e. The van der Waals surface area contributed by atoms with E-state index < -0.39 is 5.92 Å². The number of phenols is 1. The number of hydrogen-bond acceptors (Lipinski definition) is 6. The first-order valence-electron chi connectivity index (χ1n) is 8.32. The van der Waals surface area contributed by atoms with E-state index in [-0.39, 0.29) is 23.0 Å². The summed E-state index contributed by atoms with van der Waals surface area (Å²) in [5.41, 5.74) is 9.11. The summed E-state index contributed by atoms with van der Waals surface area (Å²) in [7, 11) is 1.46. The van der Waals surface area contributed by atoms with Crippen LogP contribution in [0.4, 0.5) is 0 Å². The summed E-state index contributed by atoms with van der Waals surface area (Å²) in [6, 6.07) is 14.2. The molecule has 0 saturated heterocycles. The van der Waals surface area contributed by atoms with Gasteiger partial charge in [-0.3, -0.25) is 5.10 Å². The van der Waals surface area contributed by atoms with Crippen molar-refractivity contribution >= 4 is 11.6 Å². The van der Waals surface area contributed by atoms with Crippen molar-refractivity contribution in [3.05, 3.63) is 70.1 Å². The molecule has 0 radical (unpaired) electrons. The Morgan fingerprint density at radius 1 is 1.29 bits per heavy atom. The minimum atomic E-state index is -0.548. The van der Waals surface area contributed by atoms with Crippen molar-refractivity contribution in [2.75, 3.05) is 7.11 Å². The number of aromatic amines is 1. The van der Waals surface area contributed by atoms with Gasteiger partial charge < -0.3 is 20.3 Å². The Labute approximate surface area is 165 Å². The highest BCUT2D eigenvalue weighted by Crippen LogP contribution is 2.46. The van der Waals surface area contributed by atoms with E-state index in [1.807, 2.05) is 12.1 Å². The van der Waals surface area contributed by atoms with Crippen LogP contribution in [0.15, 0.2) is 53.9 Å². The monoisotopic (exact) mass is 394 g/mol. The predicted molar refractivity (Wildman–Crippen MR) is 103 cm³/mol. The van der Waals surface area contributed by atoms with Crippen molar-refractivity contribution in [2.24, 2.45) is 5.73 Å². The number of allylic oxidation sites excluding steroid dienone is 1. The molecule has 140 valence electrons. The molecule has 0 spiro atoms. The third kappa shape index (κ3) is 2.80. The van der Waals surface area contributed by atoms with Gasteiger partial charge in [-0.2, -0.15) is 5.26 Å². The lowest BCUT2D eigenvalue weighted by molar-refractivity contribution is 0.371. The quantitative estimate of drug-likeness (QED) is 0.624. The maximum absolute atomic E-state index is 9.94. The van der Waals surface area contributed by atoms with E-state index in [0.29, 0.717) is 27.7 Å². The van der Waals surface area contributed by atoms with E-state index >= 15 is 0 Å². The van der Waals surface area contributed by atoms with Gasteiger partial charge >= 0.3 is 0 Å². The third-order valence-corrected chi connectivity index (χ3v) is 4.86. The maximum Gasteiger partial charge on any atom is 0.244 e. The number of benzene rings is 2. The van der Waals surface area contributed by atoms with Crippen LogP contribution in [0.5, 0.6) is 17.4 Å². The SMILES string of the molecule is COc1cc([C@H]2C(C#N)=C(N)Oc3n[nH]c(-c4ccc(Cl)cc4)c32)ccc1O. The number of aromatic hydroxyl groups is 1. The molecule has 4 rings (SSSR count). The van der Waals surface area contributed by atoms with E-state index in [1.54, 1.807) is 24.3 Å². The number of rotatable bonds is 3. The van der Waals surface area contributed by atoms with Crippen molar-refractivity contribution in [2.45, 2.75) is 5.92 Å². The van der Waals surface area contributed by atoms with Crippen molar-refractivity contribution < 1.29 is 14.6 Å². The van der Waals surface area contributed by atoms with Crippen LogP contribution in [0.2, 0.25) is 5.02 Å². The largest absolute Gasteiger partial charge is 0.504 e. The van der Waals surface area contributed by atoms with Gasteiger partial charge in [0, 0.05) is 10.6 Å².